The van der Waals surface area contributed by atoms with E-state index >= 15 is 0 Å². The van der Waals surface area contributed by atoms with Crippen LogP contribution in [0.1, 0.15) is 57.7 Å². The summed E-state index contributed by atoms with van der Waals surface area (Å²) in [5.74, 6) is 1.02. The maximum absolute atomic E-state index is 13.5. The Hall–Kier alpha value is -3.72. The van der Waals surface area contributed by atoms with E-state index in [4.69, 9.17) is 18.9 Å². The molecule has 2 heterocycles. The number of ketones is 1. The number of hydrogen-bond acceptors (Lipinski definition) is 8. The van der Waals surface area contributed by atoms with Crippen LogP contribution in [0.2, 0.25) is 0 Å². The molecule has 2 aliphatic rings. The first-order valence-corrected chi connectivity index (χ1v) is 14.5. The molecule has 1 atom stereocenters. The van der Waals surface area contributed by atoms with E-state index in [1.54, 1.807) is 42.3 Å². The molecule has 0 unspecified atom stereocenters. The Labute approximate surface area is 242 Å². The molecule has 4 rings (SSSR count). The first-order chi connectivity index (χ1) is 19.8. The van der Waals surface area contributed by atoms with Crippen LogP contribution in [0.4, 0.5) is 0 Å². The van der Waals surface area contributed by atoms with Crippen molar-refractivity contribution in [1.82, 2.24) is 9.80 Å². The van der Waals surface area contributed by atoms with Crippen LogP contribution in [0.25, 0.3) is 5.76 Å². The number of fused-ring (bicyclic) bond motifs is 1. The highest BCUT2D eigenvalue weighted by Crippen LogP contribution is 2.43. The van der Waals surface area contributed by atoms with Gasteiger partial charge in [-0.2, -0.15) is 0 Å². The molecule has 0 aliphatic carbocycles. The third kappa shape index (κ3) is 6.78. The summed E-state index contributed by atoms with van der Waals surface area (Å²) in [5, 5.41) is 11.5. The number of amides is 1. The average Bonchev–Trinajstić information content (AvgIpc) is 3.23. The maximum Gasteiger partial charge on any atom is 0.295 e. The van der Waals surface area contributed by atoms with Crippen molar-refractivity contribution in [2.45, 2.75) is 46.6 Å². The van der Waals surface area contributed by atoms with E-state index in [1.165, 1.54) is 0 Å². The van der Waals surface area contributed by atoms with Crippen molar-refractivity contribution in [3.8, 4) is 23.0 Å². The number of rotatable bonds is 13. The Morgan fingerprint density at radius 2 is 1.78 bits per heavy atom. The second kappa shape index (κ2) is 13.8. The standard InChI is InChI=1S/C32H42N2O7/c1-6-33(7-2)14-8-15-34-29(22-9-11-24(26(19-22)38-5)39-16-13-21(3)4)28(31(36)32(34)37)30(35)23-10-12-25-27(20-23)41-18-17-40-25/h9-12,19-21,29,35H,6-8,13-18H2,1-5H3/t29-/m0/s1. The van der Waals surface area contributed by atoms with Gasteiger partial charge in [0.1, 0.15) is 19.0 Å². The van der Waals surface area contributed by atoms with Crippen molar-refractivity contribution < 1.29 is 33.6 Å². The molecule has 2 aliphatic heterocycles. The van der Waals surface area contributed by atoms with Crippen molar-refractivity contribution in [2.24, 2.45) is 5.92 Å². The van der Waals surface area contributed by atoms with Crippen LogP contribution in [-0.2, 0) is 9.59 Å². The molecule has 2 aromatic rings. The Kier molecular flexibility index (Phi) is 10.2. The average molecular weight is 567 g/mol. The second-order valence-corrected chi connectivity index (χ2v) is 10.7. The zero-order valence-electron chi connectivity index (χ0n) is 24.8. The molecule has 9 heteroatoms. The lowest BCUT2D eigenvalue weighted by Crippen LogP contribution is -2.33. The summed E-state index contributed by atoms with van der Waals surface area (Å²) in [6.07, 6.45) is 1.58. The maximum atomic E-state index is 13.5. The second-order valence-electron chi connectivity index (χ2n) is 10.7. The molecule has 1 fully saturated rings. The fourth-order valence-corrected chi connectivity index (χ4v) is 5.19. The number of Topliss-reactive ketones (excluding diaryl/α,β-unsaturated/α-hetero) is 1. The van der Waals surface area contributed by atoms with Gasteiger partial charge in [0.25, 0.3) is 11.7 Å². The van der Waals surface area contributed by atoms with Gasteiger partial charge in [0.05, 0.1) is 25.3 Å². The molecule has 1 N–H and O–H groups in total. The summed E-state index contributed by atoms with van der Waals surface area (Å²) in [6, 6.07) is 9.63. The van der Waals surface area contributed by atoms with E-state index in [2.05, 4.69) is 32.6 Å². The third-order valence-electron chi connectivity index (χ3n) is 7.58. The van der Waals surface area contributed by atoms with Crippen LogP contribution < -0.4 is 18.9 Å². The van der Waals surface area contributed by atoms with E-state index in [0.717, 1.165) is 26.1 Å². The SMILES string of the molecule is CCN(CC)CCCN1C(=O)C(=O)C(=C(O)c2ccc3c(c2)OCCO3)[C@@H]1c1ccc(OCCC(C)C)c(OC)c1. The number of nitrogens with zero attached hydrogens (tertiary/aromatic N) is 2. The van der Waals surface area contributed by atoms with Gasteiger partial charge in [-0.25, -0.2) is 0 Å². The predicted molar refractivity (Wildman–Crippen MR) is 157 cm³/mol. The van der Waals surface area contributed by atoms with E-state index in [9.17, 15) is 14.7 Å². The lowest BCUT2D eigenvalue weighted by atomic mass is 9.94. The van der Waals surface area contributed by atoms with Gasteiger partial charge >= 0.3 is 0 Å². The highest BCUT2D eigenvalue weighted by atomic mass is 16.6. The number of likely N-dealkylation sites (tertiary alicyclic amines) is 1. The Morgan fingerprint density at radius 3 is 2.46 bits per heavy atom. The van der Waals surface area contributed by atoms with Gasteiger partial charge in [-0.05, 0) is 74.3 Å². The predicted octanol–water partition coefficient (Wildman–Crippen LogP) is 5.04. The minimum absolute atomic E-state index is 0.0325. The normalized spacial score (nSPS) is 17.9. The van der Waals surface area contributed by atoms with E-state index < -0.39 is 17.7 Å². The van der Waals surface area contributed by atoms with Gasteiger partial charge in [0.15, 0.2) is 23.0 Å². The summed E-state index contributed by atoms with van der Waals surface area (Å²) in [6.45, 7) is 12.8. The number of ether oxygens (including phenoxy) is 4. The zero-order chi connectivity index (χ0) is 29.5. The van der Waals surface area contributed by atoms with Crippen molar-refractivity contribution >= 4 is 17.4 Å². The number of aliphatic hydroxyl groups excluding tert-OH is 1. The lowest BCUT2D eigenvalue weighted by Gasteiger charge is -2.27. The number of benzene rings is 2. The van der Waals surface area contributed by atoms with Crippen molar-refractivity contribution in [2.75, 3.05) is 53.1 Å². The molecule has 0 radical (unpaired) electrons. The highest BCUT2D eigenvalue weighted by Gasteiger charge is 2.46. The zero-order valence-corrected chi connectivity index (χ0v) is 24.8. The first-order valence-electron chi connectivity index (χ1n) is 14.5. The van der Waals surface area contributed by atoms with E-state index in [0.29, 0.717) is 72.8 Å². The third-order valence-corrected chi connectivity index (χ3v) is 7.58. The van der Waals surface area contributed by atoms with E-state index in [-0.39, 0.29) is 11.3 Å². The molecule has 0 saturated carbocycles. The van der Waals surface area contributed by atoms with Gasteiger partial charge in [0.2, 0.25) is 0 Å². The molecule has 41 heavy (non-hydrogen) atoms. The van der Waals surface area contributed by atoms with Crippen LogP contribution in [0.15, 0.2) is 42.0 Å². The van der Waals surface area contributed by atoms with Gasteiger partial charge in [-0.3, -0.25) is 9.59 Å². The Bertz CT molecular complexity index is 1270. The van der Waals surface area contributed by atoms with Gasteiger partial charge in [-0.15, -0.1) is 0 Å². The van der Waals surface area contributed by atoms with Gasteiger partial charge in [-0.1, -0.05) is 33.8 Å². The van der Waals surface area contributed by atoms with Gasteiger partial charge < -0.3 is 33.9 Å². The monoisotopic (exact) mass is 566 g/mol. The van der Waals surface area contributed by atoms with Crippen molar-refractivity contribution in [3.05, 3.63) is 53.1 Å². The minimum atomic E-state index is -0.793. The lowest BCUT2D eigenvalue weighted by molar-refractivity contribution is -0.140. The summed E-state index contributed by atoms with van der Waals surface area (Å²) < 4.78 is 22.9. The topological polar surface area (TPSA) is 97.8 Å². The fourth-order valence-electron chi connectivity index (χ4n) is 5.19. The summed E-state index contributed by atoms with van der Waals surface area (Å²) in [4.78, 5) is 30.8. The molecule has 0 bridgehead atoms. The van der Waals surface area contributed by atoms with E-state index in [1.807, 2.05) is 6.07 Å². The Morgan fingerprint density at radius 1 is 1.05 bits per heavy atom. The van der Waals surface area contributed by atoms with Crippen LogP contribution >= 0.6 is 0 Å². The molecule has 0 aromatic heterocycles. The number of hydrogen-bond donors (Lipinski definition) is 1. The molecule has 222 valence electrons. The van der Waals surface area contributed by atoms with Crippen LogP contribution in [0, 0.1) is 5.92 Å². The largest absolute Gasteiger partial charge is 0.507 e. The quantitative estimate of drug-likeness (QED) is 0.205. The number of carbonyl (C=O) groups excluding carboxylic acids is 2. The van der Waals surface area contributed by atoms with Crippen LogP contribution in [-0.4, -0.2) is 79.7 Å². The smallest absolute Gasteiger partial charge is 0.295 e. The molecule has 2 aromatic carbocycles. The number of carbonyl (C=O) groups is 2. The molecular formula is C32H42N2O7. The fraction of sp³-hybridized carbons (Fsp3) is 0.500. The first kappa shape index (κ1) is 30.2. The molecule has 9 nitrogen and oxygen atoms in total. The van der Waals surface area contributed by atoms with Crippen LogP contribution in [0.3, 0.4) is 0 Å². The number of methoxy groups -OCH3 is 1. The molecule has 1 amide bonds. The molecular weight excluding hydrogens is 524 g/mol. The van der Waals surface area contributed by atoms with Gasteiger partial charge in [0, 0.05) is 12.1 Å². The van der Waals surface area contributed by atoms with Crippen molar-refractivity contribution in [1.29, 1.82) is 0 Å². The number of aliphatic hydroxyl groups is 1. The minimum Gasteiger partial charge on any atom is -0.507 e. The van der Waals surface area contributed by atoms with Crippen LogP contribution in [0.5, 0.6) is 23.0 Å². The summed E-state index contributed by atoms with van der Waals surface area (Å²) in [5.41, 5.74) is 1.06. The Balaban J connectivity index is 1.74. The summed E-state index contributed by atoms with van der Waals surface area (Å²) >= 11 is 0. The molecule has 1 saturated heterocycles. The molecule has 0 spiro atoms. The van der Waals surface area contributed by atoms with Crippen molar-refractivity contribution in [3.63, 3.8) is 0 Å². The highest BCUT2D eigenvalue weighted by molar-refractivity contribution is 6.46. The summed E-state index contributed by atoms with van der Waals surface area (Å²) in [7, 11) is 1.56.